The first-order valence-corrected chi connectivity index (χ1v) is 28.0. The Labute approximate surface area is 483 Å². The van der Waals surface area contributed by atoms with Gasteiger partial charge in [0.05, 0.1) is 23.0 Å². The number of carboxylic acids is 1. The number of aromatic carboxylic acids is 1. The van der Waals surface area contributed by atoms with Crippen LogP contribution in [0.2, 0.25) is 0 Å². The normalized spacial score (nSPS) is 11.7. The van der Waals surface area contributed by atoms with Crippen LogP contribution in [-0.4, -0.2) is 108 Å². The number of nitrogens with one attached hydrogen (secondary N) is 3. The number of aryl methyl sites for hydroxylation is 2. The molecule has 4 aromatic heterocycles. The van der Waals surface area contributed by atoms with Crippen molar-refractivity contribution < 1.29 is 32.3 Å². The van der Waals surface area contributed by atoms with Crippen LogP contribution in [-0.2, 0) is 0 Å². The number of hydrogen-bond acceptors (Lipinski definition) is 12. The van der Waals surface area contributed by atoms with Crippen LogP contribution in [0.5, 0.6) is 0 Å². The van der Waals surface area contributed by atoms with Crippen LogP contribution in [0, 0.1) is 37.1 Å². The summed E-state index contributed by atoms with van der Waals surface area (Å²) in [4.78, 5) is 74.5. The Morgan fingerprint density at radius 2 is 0.964 bits per heavy atom. The number of hydrogen-bond donors (Lipinski definition) is 4. The summed E-state index contributed by atoms with van der Waals surface area (Å²) in [6.07, 6.45) is 1.59. The highest BCUT2D eigenvalue weighted by Crippen LogP contribution is 2.34. The number of aromatic nitrogens is 6. The molecule has 9 aromatic rings. The van der Waals surface area contributed by atoms with E-state index in [2.05, 4.69) is 68.4 Å². The highest BCUT2D eigenvalue weighted by Gasteiger charge is 2.24. The number of amides is 1. The standard InChI is InChI=1S/C36H38F2N6O2.C28H29F2N5O3/c1-5-43(6-2)21-11-20-39-36-41-32(27-18-19-31(45)44(34(27)42-36)33-29(37)14-10-15-30(33)38)28-22-26(17-16-23(28)3)35(46)40-24(4)25-12-8-7-9-13-25;1-4-34(5-2)15-7-14-31-28-32-24(20-16-18(27(37)38)11-10-17(20)3)19-12-13-23(36)35(26(19)33-28)25-21(29)8-6-9-22(25)30/h7-10,12-19,22,24H,5-6,11,20-21H2,1-4H3,(H,40,46)(H,39,41,42);6,8-13,16H,4-5,7,14-15H2,1-3H3,(H,37,38)(H,31,32,33)/t24-;/m1./s1. The fourth-order valence-corrected chi connectivity index (χ4v) is 9.86. The Morgan fingerprint density at radius 3 is 1.38 bits per heavy atom. The summed E-state index contributed by atoms with van der Waals surface area (Å²) in [7, 11) is 0. The van der Waals surface area contributed by atoms with Gasteiger partial charge in [0.15, 0.2) is 11.3 Å². The summed E-state index contributed by atoms with van der Waals surface area (Å²) in [6, 6.07) is 31.7. The highest BCUT2D eigenvalue weighted by molar-refractivity contribution is 5.99. The molecule has 5 aromatic carbocycles. The van der Waals surface area contributed by atoms with E-state index in [0.29, 0.717) is 51.9 Å². The first kappa shape index (κ1) is 60.9. The number of benzene rings is 5. The van der Waals surface area contributed by atoms with Crippen molar-refractivity contribution in [3.05, 3.63) is 199 Å². The second-order valence-electron chi connectivity index (χ2n) is 20.0. The Kier molecular flexibility index (Phi) is 20.1. The molecule has 1 atom stereocenters. The van der Waals surface area contributed by atoms with Gasteiger partial charge in [-0.05, 0) is 150 Å². The maximum atomic E-state index is 15.1. The van der Waals surface area contributed by atoms with Gasteiger partial charge in [-0.2, -0.15) is 9.97 Å². The van der Waals surface area contributed by atoms with Crippen LogP contribution < -0.4 is 27.1 Å². The number of anilines is 2. The maximum Gasteiger partial charge on any atom is 0.335 e. The van der Waals surface area contributed by atoms with Gasteiger partial charge in [0, 0.05) is 52.7 Å². The molecule has 0 bridgehead atoms. The van der Waals surface area contributed by atoms with Gasteiger partial charge in [-0.25, -0.2) is 32.3 Å². The molecule has 4 heterocycles. The minimum atomic E-state index is -1.11. The first-order valence-electron chi connectivity index (χ1n) is 28.0. The number of rotatable bonds is 22. The molecule has 16 nitrogen and oxygen atoms in total. The molecule has 0 spiro atoms. The molecule has 20 heteroatoms. The van der Waals surface area contributed by atoms with Crippen molar-refractivity contribution in [2.24, 2.45) is 0 Å². The zero-order valence-corrected chi connectivity index (χ0v) is 47.9. The Morgan fingerprint density at radius 1 is 0.548 bits per heavy atom. The number of carbonyl (C=O) groups is 2. The predicted molar refractivity (Wildman–Crippen MR) is 322 cm³/mol. The Bertz CT molecular complexity index is 3920. The van der Waals surface area contributed by atoms with E-state index in [1.165, 1.54) is 42.5 Å². The topological polar surface area (TPSA) is 192 Å². The Balaban J connectivity index is 0.000000223. The molecule has 0 saturated carbocycles. The van der Waals surface area contributed by atoms with Gasteiger partial charge in [0.25, 0.3) is 17.0 Å². The van der Waals surface area contributed by atoms with E-state index >= 15 is 8.78 Å². The molecule has 1 amide bonds. The predicted octanol–water partition coefficient (Wildman–Crippen LogP) is 11.5. The Hall–Kier alpha value is -9.14. The van der Waals surface area contributed by atoms with Gasteiger partial charge >= 0.3 is 5.97 Å². The number of nitrogens with zero attached hydrogens (tertiary/aromatic N) is 8. The summed E-state index contributed by atoms with van der Waals surface area (Å²) in [6.45, 7) is 20.5. The maximum absolute atomic E-state index is 15.1. The zero-order chi connectivity index (χ0) is 60.2. The van der Waals surface area contributed by atoms with E-state index in [4.69, 9.17) is 4.98 Å². The van der Waals surface area contributed by atoms with Gasteiger partial charge < -0.3 is 30.9 Å². The zero-order valence-electron chi connectivity index (χ0n) is 47.9. The second kappa shape index (κ2) is 27.8. The summed E-state index contributed by atoms with van der Waals surface area (Å²) in [5.41, 5.74) is 2.54. The van der Waals surface area contributed by atoms with Crippen LogP contribution in [0.4, 0.5) is 29.5 Å². The highest BCUT2D eigenvalue weighted by atomic mass is 19.1. The lowest BCUT2D eigenvalue weighted by atomic mass is 9.99. The molecule has 0 aliphatic heterocycles. The largest absolute Gasteiger partial charge is 0.478 e. The molecule has 0 radical (unpaired) electrons. The van der Waals surface area contributed by atoms with Gasteiger partial charge in [0.2, 0.25) is 11.9 Å². The molecule has 0 aliphatic carbocycles. The fraction of sp³-hybridized carbons (Fsp3) is 0.281. The molecule has 0 aliphatic rings. The third kappa shape index (κ3) is 13.8. The molecule has 0 fully saturated rings. The average molecular weight is 1150 g/mol. The van der Waals surface area contributed by atoms with Crippen molar-refractivity contribution >= 4 is 45.8 Å². The number of carbonyl (C=O) groups excluding carboxylic acids is 1. The second-order valence-corrected chi connectivity index (χ2v) is 20.0. The quantitative estimate of drug-likeness (QED) is 0.0370. The SMILES string of the molecule is CCN(CC)CCCNc1nc(-c2cc(C(=O)N[C@H](C)c3ccccc3)ccc2C)c2ccc(=O)n(-c3c(F)cccc3F)c2n1.CCN(CC)CCCNc1nc(-c2cc(C(=O)O)ccc2C)c2ccc(=O)n(-c3c(F)cccc3F)c2n1. The van der Waals surface area contributed by atoms with E-state index in [1.54, 1.807) is 31.2 Å². The molecule has 84 heavy (non-hydrogen) atoms. The minimum absolute atomic E-state index is 0.00197. The van der Waals surface area contributed by atoms with Crippen LogP contribution in [0.3, 0.4) is 0 Å². The summed E-state index contributed by atoms with van der Waals surface area (Å²) in [5.74, 6) is -4.65. The van der Waals surface area contributed by atoms with Crippen LogP contribution >= 0.6 is 0 Å². The number of carboxylic acid groups (broad SMARTS) is 1. The van der Waals surface area contributed by atoms with E-state index in [9.17, 15) is 33.1 Å². The summed E-state index contributed by atoms with van der Waals surface area (Å²) in [5, 5.41) is 19.8. The van der Waals surface area contributed by atoms with Crippen molar-refractivity contribution in [2.75, 3.05) is 63.0 Å². The molecular formula is C64H67F4N11O5. The lowest BCUT2D eigenvalue weighted by Gasteiger charge is -2.19. The fourth-order valence-electron chi connectivity index (χ4n) is 9.86. The van der Waals surface area contributed by atoms with E-state index < -0.39 is 51.7 Å². The van der Waals surface area contributed by atoms with Crippen LogP contribution in [0.25, 0.3) is 56.0 Å². The van der Waals surface area contributed by atoms with Crippen molar-refractivity contribution in [1.82, 2.24) is 44.2 Å². The minimum Gasteiger partial charge on any atom is -0.478 e. The molecule has 4 N–H and O–H groups in total. The van der Waals surface area contributed by atoms with E-state index in [-0.39, 0.29) is 40.7 Å². The first-order chi connectivity index (χ1) is 40.5. The summed E-state index contributed by atoms with van der Waals surface area (Å²) >= 11 is 0. The number of halogens is 4. The van der Waals surface area contributed by atoms with Crippen LogP contribution in [0.1, 0.15) is 90.9 Å². The van der Waals surface area contributed by atoms with Gasteiger partial charge in [0.1, 0.15) is 34.6 Å². The van der Waals surface area contributed by atoms with Gasteiger partial charge in [-0.3, -0.25) is 23.5 Å². The number of fused-ring (bicyclic) bond motifs is 2. The molecule has 0 unspecified atom stereocenters. The molecule has 0 saturated heterocycles. The summed E-state index contributed by atoms with van der Waals surface area (Å²) < 4.78 is 61.7. The van der Waals surface area contributed by atoms with Crippen molar-refractivity contribution in [3.63, 3.8) is 0 Å². The van der Waals surface area contributed by atoms with Crippen molar-refractivity contribution in [1.29, 1.82) is 0 Å². The van der Waals surface area contributed by atoms with E-state index in [0.717, 1.165) is 102 Å². The number of pyridine rings is 2. The smallest absolute Gasteiger partial charge is 0.335 e. The third-order valence-electron chi connectivity index (χ3n) is 14.6. The average Bonchev–Trinajstić information content (AvgIpc) is 1.46. The van der Waals surface area contributed by atoms with Crippen LogP contribution in [0.15, 0.2) is 137 Å². The monoisotopic (exact) mass is 1150 g/mol. The number of para-hydroxylation sites is 2. The van der Waals surface area contributed by atoms with Gasteiger partial charge in [-0.1, -0.05) is 82.3 Å². The van der Waals surface area contributed by atoms with E-state index in [1.807, 2.05) is 50.2 Å². The third-order valence-corrected chi connectivity index (χ3v) is 14.6. The van der Waals surface area contributed by atoms with Crippen molar-refractivity contribution in [3.8, 4) is 33.9 Å². The van der Waals surface area contributed by atoms with Gasteiger partial charge in [-0.15, -0.1) is 0 Å². The van der Waals surface area contributed by atoms with Crippen molar-refractivity contribution in [2.45, 2.75) is 67.3 Å². The lowest BCUT2D eigenvalue weighted by molar-refractivity contribution is 0.0696. The lowest BCUT2D eigenvalue weighted by Crippen LogP contribution is -2.26. The molecular weight excluding hydrogens is 1080 g/mol. The molecule has 9 rings (SSSR count). The molecule has 436 valence electrons.